The molecule has 2 rings (SSSR count). The molecule has 16 heavy (non-hydrogen) atoms. The van der Waals surface area contributed by atoms with E-state index < -0.39 is 0 Å². The first kappa shape index (κ1) is 10.8. The van der Waals surface area contributed by atoms with Crippen molar-refractivity contribution in [3.63, 3.8) is 0 Å². The number of hydrogen-bond acceptors (Lipinski definition) is 3. The lowest BCUT2D eigenvalue weighted by atomic mass is 10.2. The van der Waals surface area contributed by atoms with Crippen molar-refractivity contribution in [3.05, 3.63) is 39.4 Å². The zero-order valence-electron chi connectivity index (χ0n) is 8.82. The Morgan fingerprint density at radius 2 is 2.12 bits per heavy atom. The van der Waals surface area contributed by atoms with Crippen LogP contribution in [0.1, 0.15) is 17.5 Å². The van der Waals surface area contributed by atoms with Gasteiger partial charge in [-0.25, -0.2) is 4.98 Å². The number of carbonyl (C=O) groups excluding carboxylic acids is 1. The highest BCUT2D eigenvalue weighted by Gasteiger charge is 2.11. The molecule has 4 nitrogen and oxygen atoms in total. The van der Waals surface area contributed by atoms with E-state index >= 15 is 0 Å². The number of nitrogens with zero attached hydrogens (tertiary/aromatic N) is 2. The standard InChI is InChI=1S/C11H9ClN2O2/c1-6(15)10-13-9-5-7(12)3-4-8(9)11(16)14(10)2/h3-5H,1-2H3. The fourth-order valence-electron chi connectivity index (χ4n) is 1.56. The second kappa shape index (κ2) is 3.72. The number of ketones is 1. The van der Waals surface area contributed by atoms with Gasteiger partial charge in [0.25, 0.3) is 5.56 Å². The van der Waals surface area contributed by atoms with Gasteiger partial charge in [-0.15, -0.1) is 0 Å². The summed E-state index contributed by atoms with van der Waals surface area (Å²) >= 11 is 5.81. The van der Waals surface area contributed by atoms with Crippen molar-refractivity contribution >= 4 is 28.3 Å². The van der Waals surface area contributed by atoms with Crippen LogP contribution in [0.25, 0.3) is 10.9 Å². The molecule has 0 unspecified atom stereocenters. The fraction of sp³-hybridized carbons (Fsp3) is 0.182. The van der Waals surface area contributed by atoms with E-state index in [2.05, 4.69) is 4.98 Å². The van der Waals surface area contributed by atoms with Crippen LogP contribution < -0.4 is 5.56 Å². The molecule has 0 bridgehead atoms. The third-order valence-corrected chi connectivity index (χ3v) is 2.59. The molecule has 0 N–H and O–H groups in total. The quantitative estimate of drug-likeness (QED) is 0.710. The Hall–Kier alpha value is -1.68. The SMILES string of the molecule is CC(=O)c1nc2cc(Cl)ccc2c(=O)n1C. The average molecular weight is 237 g/mol. The largest absolute Gasteiger partial charge is 0.293 e. The summed E-state index contributed by atoms with van der Waals surface area (Å²) in [7, 11) is 1.53. The Morgan fingerprint density at radius 1 is 1.44 bits per heavy atom. The van der Waals surface area contributed by atoms with Gasteiger partial charge in [0.1, 0.15) is 0 Å². The monoisotopic (exact) mass is 236 g/mol. The molecule has 0 saturated heterocycles. The van der Waals surface area contributed by atoms with Crippen LogP contribution in [0.4, 0.5) is 0 Å². The Balaban J connectivity index is 2.94. The van der Waals surface area contributed by atoms with E-state index in [0.29, 0.717) is 15.9 Å². The molecule has 5 heteroatoms. The van der Waals surface area contributed by atoms with Crippen molar-refractivity contribution in [2.45, 2.75) is 6.92 Å². The molecule has 1 aromatic heterocycles. The zero-order chi connectivity index (χ0) is 11.9. The van der Waals surface area contributed by atoms with Gasteiger partial charge in [0.2, 0.25) is 0 Å². The van der Waals surface area contributed by atoms with Gasteiger partial charge in [-0.05, 0) is 18.2 Å². The van der Waals surface area contributed by atoms with Gasteiger partial charge in [0.05, 0.1) is 10.9 Å². The Labute approximate surface area is 96.5 Å². The predicted octanol–water partition coefficient (Wildman–Crippen LogP) is 1.79. The van der Waals surface area contributed by atoms with Crippen molar-refractivity contribution in [3.8, 4) is 0 Å². The van der Waals surface area contributed by atoms with E-state index in [1.807, 2.05) is 0 Å². The summed E-state index contributed by atoms with van der Waals surface area (Å²) in [5.74, 6) is -0.110. The Bertz CT molecular complexity index is 646. The first-order chi connectivity index (χ1) is 7.50. The molecule has 1 aromatic carbocycles. The minimum absolute atomic E-state index is 0.139. The molecule has 0 aliphatic heterocycles. The predicted molar refractivity (Wildman–Crippen MR) is 62.0 cm³/mol. The number of benzene rings is 1. The Morgan fingerprint density at radius 3 is 2.75 bits per heavy atom. The highest BCUT2D eigenvalue weighted by atomic mass is 35.5. The summed E-state index contributed by atoms with van der Waals surface area (Å²) in [5.41, 5.74) is 0.202. The average Bonchev–Trinajstić information content (AvgIpc) is 2.22. The van der Waals surface area contributed by atoms with E-state index in [-0.39, 0.29) is 17.2 Å². The summed E-state index contributed by atoms with van der Waals surface area (Å²) < 4.78 is 1.25. The highest BCUT2D eigenvalue weighted by molar-refractivity contribution is 6.31. The summed E-state index contributed by atoms with van der Waals surface area (Å²) in [6.45, 7) is 1.37. The molecule has 0 spiro atoms. The van der Waals surface area contributed by atoms with Gasteiger partial charge in [-0.1, -0.05) is 11.6 Å². The number of halogens is 1. The van der Waals surface area contributed by atoms with Gasteiger partial charge >= 0.3 is 0 Å². The van der Waals surface area contributed by atoms with Gasteiger partial charge in [0, 0.05) is 19.0 Å². The molecule has 2 aromatic rings. The third kappa shape index (κ3) is 1.61. The topological polar surface area (TPSA) is 52.0 Å². The lowest BCUT2D eigenvalue weighted by Crippen LogP contribution is -2.24. The number of fused-ring (bicyclic) bond motifs is 1. The van der Waals surface area contributed by atoms with E-state index in [1.165, 1.54) is 18.5 Å². The second-order valence-corrected chi connectivity index (χ2v) is 3.95. The maximum absolute atomic E-state index is 11.9. The second-order valence-electron chi connectivity index (χ2n) is 3.52. The van der Waals surface area contributed by atoms with Crippen molar-refractivity contribution in [2.24, 2.45) is 7.05 Å². The van der Waals surface area contributed by atoms with Crippen molar-refractivity contribution < 1.29 is 4.79 Å². The minimum atomic E-state index is -0.249. The molecule has 0 fully saturated rings. The molecule has 0 aliphatic carbocycles. The molecule has 0 saturated carbocycles. The van der Waals surface area contributed by atoms with Gasteiger partial charge < -0.3 is 0 Å². The number of rotatable bonds is 1. The molecule has 82 valence electrons. The molecular formula is C11H9ClN2O2. The van der Waals surface area contributed by atoms with Crippen LogP contribution in [0.15, 0.2) is 23.0 Å². The molecule has 0 aliphatic rings. The highest BCUT2D eigenvalue weighted by Crippen LogP contribution is 2.15. The van der Waals surface area contributed by atoms with Crippen molar-refractivity contribution in [2.75, 3.05) is 0 Å². The van der Waals surface area contributed by atoms with Gasteiger partial charge in [-0.3, -0.25) is 14.2 Å². The smallest absolute Gasteiger partial charge is 0.261 e. The summed E-state index contributed by atoms with van der Waals surface area (Å²) in [6.07, 6.45) is 0. The number of hydrogen-bond donors (Lipinski definition) is 0. The van der Waals surface area contributed by atoms with Crippen LogP contribution in [-0.4, -0.2) is 15.3 Å². The zero-order valence-corrected chi connectivity index (χ0v) is 9.58. The summed E-state index contributed by atoms with van der Waals surface area (Å²) in [6, 6.07) is 4.81. The van der Waals surface area contributed by atoms with Gasteiger partial charge in [0.15, 0.2) is 11.6 Å². The van der Waals surface area contributed by atoms with Crippen molar-refractivity contribution in [1.82, 2.24) is 9.55 Å². The van der Waals surface area contributed by atoms with Crippen LogP contribution in [0.3, 0.4) is 0 Å². The van der Waals surface area contributed by atoms with Crippen LogP contribution in [0.2, 0.25) is 5.02 Å². The maximum atomic E-state index is 11.9. The van der Waals surface area contributed by atoms with Crippen LogP contribution in [0.5, 0.6) is 0 Å². The minimum Gasteiger partial charge on any atom is -0.293 e. The van der Waals surface area contributed by atoms with E-state index in [1.54, 1.807) is 18.2 Å². The number of Topliss-reactive ketones (excluding diaryl/α,β-unsaturated/α-hetero) is 1. The Kier molecular flexibility index (Phi) is 2.52. The molecule has 1 heterocycles. The summed E-state index contributed by atoms with van der Waals surface area (Å²) in [4.78, 5) is 27.3. The lowest BCUT2D eigenvalue weighted by Gasteiger charge is -2.06. The van der Waals surface area contributed by atoms with E-state index in [0.717, 1.165) is 0 Å². The fourth-order valence-corrected chi connectivity index (χ4v) is 1.73. The number of carbonyl (C=O) groups is 1. The molecule has 0 radical (unpaired) electrons. The molecule has 0 atom stereocenters. The van der Waals surface area contributed by atoms with Crippen molar-refractivity contribution in [1.29, 1.82) is 0 Å². The summed E-state index contributed by atoms with van der Waals surface area (Å²) in [5, 5.41) is 0.944. The maximum Gasteiger partial charge on any atom is 0.261 e. The van der Waals surface area contributed by atoms with E-state index in [9.17, 15) is 9.59 Å². The third-order valence-electron chi connectivity index (χ3n) is 2.35. The van der Waals surface area contributed by atoms with E-state index in [4.69, 9.17) is 11.6 Å². The first-order valence-corrected chi connectivity index (χ1v) is 5.05. The van der Waals surface area contributed by atoms with Crippen LogP contribution in [0, 0.1) is 0 Å². The number of aromatic nitrogens is 2. The van der Waals surface area contributed by atoms with Crippen LogP contribution >= 0.6 is 11.6 Å². The normalized spacial score (nSPS) is 10.7. The van der Waals surface area contributed by atoms with Crippen LogP contribution in [-0.2, 0) is 7.05 Å². The molecule has 0 amide bonds. The lowest BCUT2D eigenvalue weighted by molar-refractivity contribution is 0.0999. The van der Waals surface area contributed by atoms with Gasteiger partial charge in [-0.2, -0.15) is 0 Å². The first-order valence-electron chi connectivity index (χ1n) is 4.68. The molecular weight excluding hydrogens is 228 g/mol.